The van der Waals surface area contributed by atoms with E-state index in [1.54, 1.807) is 0 Å². The van der Waals surface area contributed by atoms with Crippen molar-refractivity contribution in [1.29, 1.82) is 0 Å². The van der Waals surface area contributed by atoms with E-state index in [1.165, 1.54) is 44.5 Å². The van der Waals surface area contributed by atoms with Crippen molar-refractivity contribution in [3.05, 3.63) is 160 Å². The molecule has 0 N–H and O–H groups in total. The van der Waals surface area contributed by atoms with Crippen molar-refractivity contribution in [2.75, 3.05) is 4.90 Å². The molecule has 0 amide bonds. The summed E-state index contributed by atoms with van der Waals surface area (Å²) in [4.78, 5) is 2.32. The second kappa shape index (κ2) is 9.79. The highest BCUT2D eigenvalue weighted by molar-refractivity contribution is 6.00. The first-order valence-electron chi connectivity index (χ1n) is 12.8. The lowest BCUT2D eigenvalue weighted by atomic mass is 9.92. The molecule has 6 rings (SSSR count). The Morgan fingerprint density at radius 2 is 0.865 bits per heavy atom. The van der Waals surface area contributed by atoms with Crippen LogP contribution in [0.15, 0.2) is 121 Å². The molecule has 1 aliphatic carbocycles. The van der Waals surface area contributed by atoms with Crippen LogP contribution in [0.5, 0.6) is 0 Å². The highest BCUT2D eigenvalue weighted by atomic mass is 15.1. The van der Waals surface area contributed by atoms with Gasteiger partial charge in [0.1, 0.15) is 0 Å². The standard InChI is InChI=1S/C36H29N/c1-26-11-19-31(20-12-26)37(32-21-13-27(2)14-22-32)33-23-15-28(16-24-33)25-36-34-9-5-3-7-29(34)17-18-30-8-4-6-10-35(30)36/h3-25H,1-2H3. The lowest BCUT2D eigenvalue weighted by Crippen LogP contribution is -2.09. The Labute approximate surface area is 219 Å². The molecule has 5 aromatic rings. The molecule has 0 saturated heterocycles. The van der Waals surface area contributed by atoms with E-state index in [2.05, 4.69) is 158 Å². The Hall–Kier alpha value is -4.62. The topological polar surface area (TPSA) is 3.24 Å². The van der Waals surface area contributed by atoms with Crippen LogP contribution in [-0.2, 0) is 0 Å². The Morgan fingerprint density at radius 3 is 1.32 bits per heavy atom. The van der Waals surface area contributed by atoms with Gasteiger partial charge in [-0.05, 0) is 89.7 Å². The monoisotopic (exact) mass is 475 g/mol. The van der Waals surface area contributed by atoms with Gasteiger partial charge in [-0.3, -0.25) is 0 Å². The van der Waals surface area contributed by atoms with Gasteiger partial charge in [0.05, 0.1) is 0 Å². The highest BCUT2D eigenvalue weighted by Crippen LogP contribution is 2.37. The van der Waals surface area contributed by atoms with Gasteiger partial charge >= 0.3 is 0 Å². The SMILES string of the molecule is Cc1ccc(N(c2ccc(C)cc2)c2ccc(C=C3c4ccccc4C=Cc4ccccc43)cc2)cc1. The first-order valence-corrected chi connectivity index (χ1v) is 12.8. The first-order chi connectivity index (χ1) is 18.2. The van der Waals surface area contributed by atoms with Crippen LogP contribution in [0, 0.1) is 13.8 Å². The largest absolute Gasteiger partial charge is 0.311 e. The quantitative estimate of drug-likeness (QED) is 0.245. The fourth-order valence-corrected chi connectivity index (χ4v) is 4.98. The summed E-state index contributed by atoms with van der Waals surface area (Å²) in [5.74, 6) is 0. The number of nitrogens with zero attached hydrogens (tertiary/aromatic N) is 1. The van der Waals surface area contributed by atoms with E-state index in [0.717, 1.165) is 17.1 Å². The smallest absolute Gasteiger partial charge is 0.0462 e. The number of rotatable bonds is 4. The van der Waals surface area contributed by atoms with Crippen LogP contribution in [0.3, 0.4) is 0 Å². The Balaban J connectivity index is 1.43. The Bertz CT molecular complexity index is 1500. The molecule has 1 heteroatoms. The average molecular weight is 476 g/mol. The van der Waals surface area contributed by atoms with E-state index < -0.39 is 0 Å². The molecule has 0 unspecified atom stereocenters. The number of fused-ring (bicyclic) bond motifs is 2. The van der Waals surface area contributed by atoms with Gasteiger partial charge in [-0.1, -0.05) is 108 Å². The molecule has 37 heavy (non-hydrogen) atoms. The lowest BCUT2D eigenvalue weighted by molar-refractivity contribution is 1.27. The van der Waals surface area contributed by atoms with Crippen LogP contribution < -0.4 is 4.90 Å². The molecule has 1 nitrogen and oxygen atoms in total. The molecule has 0 fully saturated rings. The average Bonchev–Trinajstić information content (AvgIpc) is 3.09. The van der Waals surface area contributed by atoms with Crippen LogP contribution >= 0.6 is 0 Å². The third kappa shape index (κ3) is 4.64. The van der Waals surface area contributed by atoms with E-state index in [9.17, 15) is 0 Å². The van der Waals surface area contributed by atoms with E-state index in [0.29, 0.717) is 0 Å². The van der Waals surface area contributed by atoms with Crippen LogP contribution in [-0.4, -0.2) is 0 Å². The van der Waals surface area contributed by atoms with Crippen molar-refractivity contribution >= 4 is 40.9 Å². The zero-order valence-electron chi connectivity index (χ0n) is 21.2. The summed E-state index contributed by atoms with van der Waals surface area (Å²) in [5, 5.41) is 0. The van der Waals surface area contributed by atoms with Crippen molar-refractivity contribution < 1.29 is 0 Å². The molecule has 0 atom stereocenters. The molecule has 0 aliphatic heterocycles. The van der Waals surface area contributed by atoms with Gasteiger partial charge in [0.15, 0.2) is 0 Å². The molecule has 0 aromatic heterocycles. The molecule has 0 spiro atoms. The highest BCUT2D eigenvalue weighted by Gasteiger charge is 2.15. The second-order valence-corrected chi connectivity index (χ2v) is 9.66. The minimum Gasteiger partial charge on any atom is -0.311 e. The van der Waals surface area contributed by atoms with Crippen molar-refractivity contribution in [1.82, 2.24) is 0 Å². The van der Waals surface area contributed by atoms with Crippen LogP contribution in [0.1, 0.15) is 38.9 Å². The maximum absolute atomic E-state index is 2.32. The third-order valence-electron chi connectivity index (χ3n) is 6.99. The molecule has 178 valence electrons. The molecular weight excluding hydrogens is 446 g/mol. The minimum atomic E-state index is 1.14. The van der Waals surface area contributed by atoms with Crippen LogP contribution in [0.25, 0.3) is 23.8 Å². The Morgan fingerprint density at radius 1 is 0.459 bits per heavy atom. The molecular formula is C36H29N. The van der Waals surface area contributed by atoms with E-state index in [-0.39, 0.29) is 0 Å². The van der Waals surface area contributed by atoms with E-state index in [1.807, 2.05) is 0 Å². The van der Waals surface area contributed by atoms with E-state index in [4.69, 9.17) is 0 Å². The van der Waals surface area contributed by atoms with Crippen molar-refractivity contribution in [2.45, 2.75) is 13.8 Å². The summed E-state index contributed by atoms with van der Waals surface area (Å²) in [7, 11) is 0. The number of aryl methyl sites for hydroxylation is 2. The zero-order chi connectivity index (χ0) is 25.2. The summed E-state index contributed by atoms with van der Waals surface area (Å²) >= 11 is 0. The summed E-state index contributed by atoms with van der Waals surface area (Å²) in [6.45, 7) is 4.25. The first kappa shape index (κ1) is 22.8. The zero-order valence-corrected chi connectivity index (χ0v) is 21.2. The van der Waals surface area contributed by atoms with Gasteiger partial charge < -0.3 is 4.90 Å². The summed E-state index contributed by atoms with van der Waals surface area (Å²) in [6.07, 6.45) is 6.76. The van der Waals surface area contributed by atoms with E-state index >= 15 is 0 Å². The summed E-state index contributed by atoms with van der Waals surface area (Å²) < 4.78 is 0. The normalized spacial score (nSPS) is 11.9. The van der Waals surface area contributed by atoms with Gasteiger partial charge in [0, 0.05) is 17.1 Å². The predicted octanol–water partition coefficient (Wildman–Crippen LogP) is 9.85. The maximum Gasteiger partial charge on any atom is 0.0462 e. The van der Waals surface area contributed by atoms with Gasteiger partial charge in [-0.25, -0.2) is 0 Å². The van der Waals surface area contributed by atoms with Crippen molar-refractivity contribution in [3.8, 4) is 0 Å². The van der Waals surface area contributed by atoms with Crippen molar-refractivity contribution in [2.24, 2.45) is 0 Å². The minimum absolute atomic E-state index is 1.14. The predicted molar refractivity (Wildman–Crippen MR) is 159 cm³/mol. The number of hydrogen-bond acceptors (Lipinski definition) is 1. The van der Waals surface area contributed by atoms with Gasteiger partial charge in [-0.2, -0.15) is 0 Å². The van der Waals surface area contributed by atoms with Crippen LogP contribution in [0.2, 0.25) is 0 Å². The summed E-state index contributed by atoms with van der Waals surface area (Å²) in [5.41, 5.74) is 13.4. The molecule has 1 aliphatic rings. The third-order valence-corrected chi connectivity index (χ3v) is 6.99. The molecule has 0 heterocycles. The Kier molecular flexibility index (Phi) is 6.04. The molecule has 0 bridgehead atoms. The van der Waals surface area contributed by atoms with Crippen molar-refractivity contribution in [3.63, 3.8) is 0 Å². The molecule has 0 radical (unpaired) electrons. The molecule has 0 saturated carbocycles. The maximum atomic E-state index is 2.32. The second-order valence-electron chi connectivity index (χ2n) is 9.66. The lowest BCUT2D eigenvalue weighted by Gasteiger charge is -2.26. The fourth-order valence-electron chi connectivity index (χ4n) is 4.98. The molecule has 5 aromatic carbocycles. The number of hydrogen-bond donors (Lipinski definition) is 0. The number of anilines is 3. The number of benzene rings is 5. The fraction of sp³-hybridized carbons (Fsp3) is 0.0556. The van der Waals surface area contributed by atoms with Crippen LogP contribution in [0.4, 0.5) is 17.1 Å². The van der Waals surface area contributed by atoms with Gasteiger partial charge in [0.25, 0.3) is 0 Å². The van der Waals surface area contributed by atoms with Gasteiger partial charge in [0.2, 0.25) is 0 Å². The van der Waals surface area contributed by atoms with Gasteiger partial charge in [-0.15, -0.1) is 0 Å². The summed E-state index contributed by atoms with van der Waals surface area (Å²) in [6, 6.07) is 43.6.